The number of ether oxygens (including phenoxy) is 1. The molecular weight excluding hydrogens is 200 g/mol. The van der Waals surface area contributed by atoms with E-state index in [9.17, 15) is 0 Å². The van der Waals surface area contributed by atoms with Crippen molar-refractivity contribution >= 4 is 6.21 Å². The van der Waals surface area contributed by atoms with Crippen molar-refractivity contribution in [2.24, 2.45) is 10.7 Å². The van der Waals surface area contributed by atoms with Gasteiger partial charge in [0, 0.05) is 19.2 Å². The molecule has 3 heteroatoms. The molecule has 0 saturated heterocycles. The normalized spacial score (nSPS) is 23.4. The monoisotopic (exact) mass is 216 g/mol. The zero-order chi connectivity index (χ0) is 11.4. The van der Waals surface area contributed by atoms with Crippen LogP contribution in [0.2, 0.25) is 0 Å². The number of hydrogen-bond donors (Lipinski definition) is 1. The average molecular weight is 216 g/mol. The van der Waals surface area contributed by atoms with Gasteiger partial charge in [0.25, 0.3) is 0 Å². The van der Waals surface area contributed by atoms with Crippen LogP contribution in [0.5, 0.6) is 5.75 Å². The highest BCUT2D eigenvalue weighted by molar-refractivity contribution is 5.72. The Morgan fingerprint density at radius 2 is 2.38 bits per heavy atom. The maximum absolute atomic E-state index is 5.88. The standard InChI is InChI=1S/C13H16N2O/c1-13(7-2-3-8-15-13)16-12-6-4-5-11(9-12)10-14/h2-6,8-9H,7,10,14H2,1H3. The molecular formula is C13H16N2O. The number of nitrogens with two attached hydrogens (primary N) is 1. The summed E-state index contributed by atoms with van der Waals surface area (Å²) in [5.41, 5.74) is 6.17. The van der Waals surface area contributed by atoms with Crippen LogP contribution >= 0.6 is 0 Å². The molecule has 84 valence electrons. The van der Waals surface area contributed by atoms with E-state index >= 15 is 0 Å². The smallest absolute Gasteiger partial charge is 0.200 e. The molecule has 2 rings (SSSR count). The first-order chi connectivity index (χ1) is 7.72. The van der Waals surface area contributed by atoms with Gasteiger partial charge in [-0.2, -0.15) is 0 Å². The highest BCUT2D eigenvalue weighted by atomic mass is 16.5. The van der Waals surface area contributed by atoms with Crippen molar-refractivity contribution in [3.8, 4) is 5.75 Å². The van der Waals surface area contributed by atoms with Crippen molar-refractivity contribution in [1.29, 1.82) is 0 Å². The van der Waals surface area contributed by atoms with Gasteiger partial charge in [-0.1, -0.05) is 18.2 Å². The van der Waals surface area contributed by atoms with Gasteiger partial charge in [0.2, 0.25) is 5.72 Å². The maximum Gasteiger partial charge on any atom is 0.200 e. The topological polar surface area (TPSA) is 47.6 Å². The van der Waals surface area contributed by atoms with Crippen LogP contribution in [-0.4, -0.2) is 11.9 Å². The Morgan fingerprint density at radius 1 is 1.50 bits per heavy atom. The number of hydrogen-bond acceptors (Lipinski definition) is 3. The van der Waals surface area contributed by atoms with Crippen LogP contribution in [-0.2, 0) is 6.54 Å². The van der Waals surface area contributed by atoms with E-state index in [2.05, 4.69) is 11.1 Å². The van der Waals surface area contributed by atoms with Gasteiger partial charge in [-0.3, -0.25) is 0 Å². The van der Waals surface area contributed by atoms with E-state index in [-0.39, 0.29) is 0 Å². The molecule has 1 aromatic rings. The van der Waals surface area contributed by atoms with E-state index in [1.807, 2.05) is 37.3 Å². The summed E-state index contributed by atoms with van der Waals surface area (Å²) in [6, 6.07) is 7.82. The van der Waals surface area contributed by atoms with E-state index in [0.717, 1.165) is 17.7 Å². The summed E-state index contributed by atoms with van der Waals surface area (Å²) in [4.78, 5) is 4.35. The molecule has 0 radical (unpaired) electrons. The minimum Gasteiger partial charge on any atom is -0.466 e. The SMILES string of the molecule is CC1(Oc2cccc(CN)c2)CC=CC=N1. The lowest BCUT2D eigenvalue weighted by Gasteiger charge is -2.27. The zero-order valence-electron chi connectivity index (χ0n) is 9.39. The molecule has 0 aliphatic carbocycles. The molecule has 1 unspecified atom stereocenters. The zero-order valence-corrected chi connectivity index (χ0v) is 9.39. The highest BCUT2D eigenvalue weighted by Crippen LogP contribution is 2.25. The molecule has 0 aromatic heterocycles. The van der Waals surface area contributed by atoms with Crippen molar-refractivity contribution in [3.05, 3.63) is 42.0 Å². The lowest BCUT2D eigenvalue weighted by atomic mass is 10.1. The number of aliphatic imine (C=N–C) groups is 1. The Balaban J connectivity index is 2.14. The predicted octanol–water partition coefficient (Wildman–Crippen LogP) is 2.27. The number of dihydropyridines is 1. The van der Waals surface area contributed by atoms with Gasteiger partial charge in [0.05, 0.1) is 0 Å². The predicted molar refractivity (Wildman–Crippen MR) is 65.6 cm³/mol. The Kier molecular flexibility index (Phi) is 3.06. The lowest BCUT2D eigenvalue weighted by Crippen LogP contribution is -2.30. The number of allylic oxidation sites excluding steroid dienone is 1. The first-order valence-corrected chi connectivity index (χ1v) is 5.40. The molecule has 1 aliphatic rings. The second-order valence-electron chi connectivity index (χ2n) is 4.04. The number of rotatable bonds is 3. The van der Waals surface area contributed by atoms with Crippen LogP contribution in [0.4, 0.5) is 0 Å². The summed E-state index contributed by atoms with van der Waals surface area (Å²) in [5.74, 6) is 0.818. The van der Waals surface area contributed by atoms with Crippen molar-refractivity contribution in [2.75, 3.05) is 0 Å². The van der Waals surface area contributed by atoms with Crippen molar-refractivity contribution in [3.63, 3.8) is 0 Å². The van der Waals surface area contributed by atoms with Crippen LogP contribution < -0.4 is 10.5 Å². The van der Waals surface area contributed by atoms with Gasteiger partial charge in [-0.05, 0) is 30.7 Å². The van der Waals surface area contributed by atoms with Crippen molar-refractivity contribution < 1.29 is 4.74 Å². The lowest BCUT2D eigenvalue weighted by molar-refractivity contribution is 0.102. The van der Waals surface area contributed by atoms with Gasteiger partial charge in [0.15, 0.2) is 0 Å². The van der Waals surface area contributed by atoms with Crippen LogP contribution in [0.15, 0.2) is 41.4 Å². The van der Waals surface area contributed by atoms with Crippen molar-refractivity contribution in [1.82, 2.24) is 0 Å². The summed E-state index contributed by atoms with van der Waals surface area (Å²) >= 11 is 0. The van der Waals surface area contributed by atoms with Gasteiger partial charge >= 0.3 is 0 Å². The Morgan fingerprint density at radius 3 is 3.06 bits per heavy atom. The third-order valence-corrected chi connectivity index (χ3v) is 2.54. The first kappa shape index (κ1) is 10.9. The van der Waals surface area contributed by atoms with E-state index in [1.165, 1.54) is 0 Å². The van der Waals surface area contributed by atoms with Crippen molar-refractivity contribution in [2.45, 2.75) is 25.6 Å². The molecule has 2 N–H and O–H groups in total. The fraction of sp³-hybridized carbons (Fsp3) is 0.308. The number of benzene rings is 1. The van der Waals surface area contributed by atoms with Crippen LogP contribution in [0.1, 0.15) is 18.9 Å². The quantitative estimate of drug-likeness (QED) is 0.842. The molecule has 3 nitrogen and oxygen atoms in total. The summed E-state index contributed by atoms with van der Waals surface area (Å²) < 4.78 is 5.88. The molecule has 1 heterocycles. The molecule has 0 saturated carbocycles. The van der Waals surface area contributed by atoms with E-state index in [1.54, 1.807) is 6.21 Å². The van der Waals surface area contributed by atoms with Gasteiger partial charge in [-0.25, -0.2) is 4.99 Å². The molecule has 0 amide bonds. The highest BCUT2D eigenvalue weighted by Gasteiger charge is 2.24. The third-order valence-electron chi connectivity index (χ3n) is 2.54. The molecule has 0 fully saturated rings. The van der Waals surface area contributed by atoms with E-state index in [0.29, 0.717) is 6.54 Å². The molecule has 1 aliphatic heterocycles. The summed E-state index contributed by atoms with van der Waals surface area (Å²) in [5, 5.41) is 0. The van der Waals surface area contributed by atoms with E-state index in [4.69, 9.17) is 10.5 Å². The fourth-order valence-electron chi connectivity index (χ4n) is 1.66. The molecule has 1 aromatic carbocycles. The molecule has 1 atom stereocenters. The summed E-state index contributed by atoms with van der Waals surface area (Å²) in [6.07, 6.45) is 6.55. The minimum atomic E-state index is -0.484. The number of nitrogens with zero attached hydrogens (tertiary/aromatic N) is 1. The molecule has 0 spiro atoms. The first-order valence-electron chi connectivity index (χ1n) is 5.40. The molecule has 16 heavy (non-hydrogen) atoms. The van der Waals surface area contributed by atoms with Gasteiger partial charge in [-0.15, -0.1) is 0 Å². The average Bonchev–Trinajstić information content (AvgIpc) is 2.29. The minimum absolute atomic E-state index is 0.484. The second-order valence-corrected chi connectivity index (χ2v) is 4.04. The maximum atomic E-state index is 5.88. The Bertz CT molecular complexity index is 426. The largest absolute Gasteiger partial charge is 0.466 e. The third kappa shape index (κ3) is 2.49. The second kappa shape index (κ2) is 4.49. The van der Waals surface area contributed by atoms with Gasteiger partial charge in [0.1, 0.15) is 5.75 Å². The molecule has 0 bridgehead atoms. The summed E-state index contributed by atoms with van der Waals surface area (Å²) in [6.45, 7) is 2.50. The van der Waals surface area contributed by atoms with Crippen LogP contribution in [0.3, 0.4) is 0 Å². The van der Waals surface area contributed by atoms with E-state index < -0.39 is 5.72 Å². The van der Waals surface area contributed by atoms with Gasteiger partial charge < -0.3 is 10.5 Å². The Labute approximate surface area is 95.6 Å². The van der Waals surface area contributed by atoms with Crippen LogP contribution in [0, 0.1) is 0 Å². The summed E-state index contributed by atoms with van der Waals surface area (Å²) in [7, 11) is 0. The Hall–Kier alpha value is -1.61. The fourth-order valence-corrected chi connectivity index (χ4v) is 1.66. The van der Waals surface area contributed by atoms with Crippen LogP contribution in [0.25, 0.3) is 0 Å².